The van der Waals surface area contributed by atoms with Crippen molar-refractivity contribution in [1.82, 2.24) is 0 Å². The zero-order valence-electron chi connectivity index (χ0n) is 22.7. The summed E-state index contributed by atoms with van der Waals surface area (Å²) < 4.78 is 11.7. The van der Waals surface area contributed by atoms with E-state index in [1.807, 2.05) is 32.1 Å². The first-order valence-corrected chi connectivity index (χ1v) is 13.2. The number of carbonyl (C=O) groups excluding carboxylic acids is 3. The minimum Gasteiger partial charge on any atom is -0.455 e. The van der Waals surface area contributed by atoms with Gasteiger partial charge in [0, 0.05) is 19.4 Å². The topological polar surface area (TPSA) is 89.9 Å². The number of ether oxygens (including phenoxy) is 2. The zero-order chi connectivity index (χ0) is 26.8. The average Bonchev–Trinajstić information content (AvgIpc) is 3.21. The lowest BCUT2D eigenvalue weighted by Gasteiger charge is -2.34. The SMILES string of the molecule is CCC/C=C/C=C/C(=O)O[C@@H]1C[C@H]2[C@@H](/C=C(/C)C(=O)[C@@]3(OC(C)=O)C[C@@H](C)[C@H](O)[C@@H]3/C=C\1C)C2(C)C. The van der Waals surface area contributed by atoms with Gasteiger partial charge in [-0.25, -0.2) is 4.79 Å². The number of esters is 2. The molecule has 0 heterocycles. The van der Waals surface area contributed by atoms with Crippen LogP contribution in [0.3, 0.4) is 0 Å². The third-order valence-corrected chi connectivity index (χ3v) is 8.36. The summed E-state index contributed by atoms with van der Waals surface area (Å²) in [5.41, 5.74) is -0.238. The van der Waals surface area contributed by atoms with E-state index in [2.05, 4.69) is 20.8 Å². The van der Waals surface area contributed by atoms with Crippen molar-refractivity contribution < 1.29 is 29.0 Å². The lowest BCUT2D eigenvalue weighted by molar-refractivity contribution is -0.168. The molecule has 198 valence electrons. The largest absolute Gasteiger partial charge is 0.455 e. The molecule has 0 aromatic rings. The number of hydrogen-bond donors (Lipinski definition) is 1. The fourth-order valence-corrected chi connectivity index (χ4v) is 6.10. The predicted molar refractivity (Wildman–Crippen MR) is 139 cm³/mol. The molecule has 1 N–H and O–H groups in total. The quantitative estimate of drug-likeness (QED) is 0.232. The van der Waals surface area contributed by atoms with Crippen LogP contribution < -0.4 is 0 Å². The molecule has 3 aliphatic rings. The van der Waals surface area contributed by atoms with Gasteiger partial charge < -0.3 is 14.6 Å². The van der Waals surface area contributed by atoms with Gasteiger partial charge in [-0.15, -0.1) is 0 Å². The standard InChI is InChI=1S/C30H42O6/c1-8-9-10-11-12-13-26(32)35-25-16-23-22(29(23,6)7)15-19(3)28(34)30(36-21(5)31)17-20(4)27(33)24(30)14-18(25)2/h10-15,20,22-25,27,33H,8-9,16-17H2,1-7H3/b11-10+,13-12+,18-14-,19-15-/t20-,22-,23+,24+,25-,27+,30-/m1/s1. The van der Waals surface area contributed by atoms with Crippen LogP contribution in [0.5, 0.6) is 0 Å². The second-order valence-corrected chi connectivity index (χ2v) is 11.5. The van der Waals surface area contributed by atoms with E-state index in [4.69, 9.17) is 9.47 Å². The first-order chi connectivity index (χ1) is 16.8. The highest BCUT2D eigenvalue weighted by Crippen LogP contribution is 2.62. The first-order valence-electron chi connectivity index (χ1n) is 13.2. The Morgan fingerprint density at radius 2 is 1.86 bits per heavy atom. The number of hydrogen-bond acceptors (Lipinski definition) is 6. The number of rotatable bonds is 6. The van der Waals surface area contributed by atoms with Gasteiger partial charge in [-0.2, -0.15) is 0 Å². The van der Waals surface area contributed by atoms with Crippen LogP contribution in [0.2, 0.25) is 0 Å². The van der Waals surface area contributed by atoms with Crippen molar-refractivity contribution in [3.63, 3.8) is 0 Å². The Morgan fingerprint density at radius 1 is 1.17 bits per heavy atom. The molecule has 0 spiro atoms. The fourth-order valence-electron chi connectivity index (χ4n) is 6.10. The Bertz CT molecular complexity index is 999. The zero-order valence-corrected chi connectivity index (χ0v) is 22.7. The van der Waals surface area contributed by atoms with Crippen molar-refractivity contribution in [3.05, 3.63) is 47.6 Å². The summed E-state index contributed by atoms with van der Waals surface area (Å²) in [6, 6.07) is 0. The van der Waals surface area contributed by atoms with Crippen molar-refractivity contribution >= 4 is 17.7 Å². The molecule has 0 aromatic carbocycles. The molecule has 2 saturated carbocycles. The molecule has 3 aliphatic carbocycles. The minimum absolute atomic E-state index is 0.0547. The highest BCUT2D eigenvalue weighted by Gasteiger charge is 2.61. The maximum Gasteiger partial charge on any atom is 0.331 e. The van der Waals surface area contributed by atoms with Gasteiger partial charge in [0.25, 0.3) is 0 Å². The molecule has 0 amide bonds. The van der Waals surface area contributed by atoms with E-state index in [1.165, 1.54) is 13.0 Å². The lowest BCUT2D eigenvalue weighted by Crippen LogP contribution is -2.48. The van der Waals surface area contributed by atoms with Crippen LogP contribution in [-0.4, -0.2) is 40.6 Å². The second-order valence-electron chi connectivity index (χ2n) is 11.5. The van der Waals surface area contributed by atoms with E-state index < -0.39 is 35.7 Å². The van der Waals surface area contributed by atoms with Crippen molar-refractivity contribution in [2.75, 3.05) is 0 Å². The highest BCUT2D eigenvalue weighted by molar-refractivity contribution is 6.03. The maximum atomic E-state index is 13.9. The van der Waals surface area contributed by atoms with Gasteiger partial charge in [0.1, 0.15) is 6.10 Å². The Balaban J connectivity index is 2.03. The number of fused-ring (bicyclic) bond motifs is 2. The van der Waals surface area contributed by atoms with Gasteiger partial charge in [0.2, 0.25) is 5.78 Å². The smallest absolute Gasteiger partial charge is 0.331 e. The van der Waals surface area contributed by atoms with Gasteiger partial charge in [-0.05, 0) is 61.0 Å². The number of ketones is 1. The van der Waals surface area contributed by atoms with Crippen molar-refractivity contribution in [2.24, 2.45) is 29.1 Å². The van der Waals surface area contributed by atoms with E-state index in [0.717, 1.165) is 18.4 Å². The molecule has 36 heavy (non-hydrogen) atoms. The van der Waals surface area contributed by atoms with Gasteiger partial charge >= 0.3 is 11.9 Å². The van der Waals surface area contributed by atoms with Crippen LogP contribution in [0, 0.1) is 29.1 Å². The monoisotopic (exact) mass is 498 g/mol. The summed E-state index contributed by atoms with van der Waals surface area (Å²) in [7, 11) is 0. The lowest BCUT2D eigenvalue weighted by atomic mass is 9.80. The summed E-state index contributed by atoms with van der Waals surface area (Å²) >= 11 is 0. The number of carbonyl (C=O) groups is 3. The predicted octanol–water partition coefficient (Wildman–Crippen LogP) is 5.27. The van der Waals surface area contributed by atoms with Crippen LogP contribution in [0.1, 0.15) is 74.1 Å². The Labute approximate surface area is 215 Å². The van der Waals surface area contributed by atoms with Crippen LogP contribution in [0.4, 0.5) is 0 Å². The molecule has 6 nitrogen and oxygen atoms in total. The number of aliphatic hydroxyl groups excluding tert-OH is 1. The molecule has 6 heteroatoms. The third kappa shape index (κ3) is 5.59. The van der Waals surface area contributed by atoms with E-state index >= 15 is 0 Å². The Morgan fingerprint density at radius 3 is 2.50 bits per heavy atom. The summed E-state index contributed by atoms with van der Waals surface area (Å²) in [5.74, 6) is -1.87. The van der Waals surface area contributed by atoms with Gasteiger partial charge in [0.15, 0.2) is 5.60 Å². The van der Waals surface area contributed by atoms with Crippen molar-refractivity contribution in [1.29, 1.82) is 0 Å². The summed E-state index contributed by atoms with van der Waals surface area (Å²) in [4.78, 5) is 38.7. The molecule has 2 fully saturated rings. The van der Waals surface area contributed by atoms with E-state index in [1.54, 1.807) is 19.1 Å². The molecule has 0 aliphatic heterocycles. The fraction of sp³-hybridized carbons (Fsp3) is 0.633. The molecule has 0 unspecified atom stereocenters. The highest BCUT2D eigenvalue weighted by atomic mass is 16.6. The van der Waals surface area contributed by atoms with E-state index in [0.29, 0.717) is 12.0 Å². The van der Waals surface area contributed by atoms with Crippen LogP contribution in [0.25, 0.3) is 0 Å². The Kier molecular flexibility index (Phi) is 8.49. The van der Waals surface area contributed by atoms with Crippen molar-refractivity contribution in [3.8, 4) is 0 Å². The number of allylic oxidation sites excluding steroid dienone is 4. The van der Waals surface area contributed by atoms with Crippen molar-refractivity contribution in [2.45, 2.75) is 92.0 Å². The average molecular weight is 499 g/mol. The van der Waals surface area contributed by atoms with Crippen LogP contribution in [-0.2, 0) is 23.9 Å². The van der Waals surface area contributed by atoms with E-state index in [9.17, 15) is 19.5 Å². The minimum atomic E-state index is -1.48. The first kappa shape index (κ1) is 28.1. The van der Waals surface area contributed by atoms with Gasteiger partial charge in [-0.1, -0.05) is 64.5 Å². The number of unbranched alkanes of at least 4 members (excludes halogenated alkanes) is 1. The maximum absolute atomic E-state index is 13.9. The molecule has 0 saturated heterocycles. The molecule has 3 rings (SSSR count). The molecule has 0 aromatic heterocycles. The Hall–Kier alpha value is -2.47. The number of Topliss-reactive ketones (excluding diaryl/α,β-unsaturated/α-hetero) is 1. The van der Waals surface area contributed by atoms with E-state index in [-0.39, 0.29) is 35.4 Å². The second kappa shape index (κ2) is 10.9. The summed E-state index contributed by atoms with van der Waals surface area (Å²) in [6.07, 6.45) is 12.2. The van der Waals surface area contributed by atoms with Gasteiger partial charge in [-0.3, -0.25) is 9.59 Å². The molecular formula is C30H42O6. The van der Waals surface area contributed by atoms with Gasteiger partial charge in [0.05, 0.1) is 12.0 Å². The third-order valence-electron chi connectivity index (χ3n) is 8.36. The molecule has 0 radical (unpaired) electrons. The molecular weight excluding hydrogens is 456 g/mol. The molecule has 7 atom stereocenters. The normalized spacial score (nSPS) is 38.8. The summed E-state index contributed by atoms with van der Waals surface area (Å²) in [6.45, 7) is 13.2. The summed E-state index contributed by atoms with van der Waals surface area (Å²) in [5, 5.41) is 11.1. The van der Waals surface area contributed by atoms with Crippen LogP contribution >= 0.6 is 0 Å². The number of aliphatic hydroxyl groups is 1. The molecule has 0 bridgehead atoms. The van der Waals surface area contributed by atoms with Crippen LogP contribution in [0.15, 0.2) is 47.6 Å².